The number of para-hydroxylation sites is 1. The molecule has 124 valence electrons. The molecule has 3 rings (SSSR count). The summed E-state index contributed by atoms with van der Waals surface area (Å²) in [7, 11) is 1.85. The smallest absolute Gasteiger partial charge is 0.224 e. The Balaban J connectivity index is 1.50. The van der Waals surface area contributed by atoms with Crippen molar-refractivity contribution in [2.75, 3.05) is 11.9 Å². The molecule has 0 unspecified atom stereocenters. The van der Waals surface area contributed by atoms with Gasteiger partial charge in [-0.1, -0.05) is 18.2 Å². The first-order chi connectivity index (χ1) is 11.6. The van der Waals surface area contributed by atoms with E-state index >= 15 is 0 Å². The summed E-state index contributed by atoms with van der Waals surface area (Å²) in [5.41, 5.74) is 2.39. The summed E-state index contributed by atoms with van der Waals surface area (Å²) in [6.45, 7) is 2.44. The molecule has 2 heterocycles. The van der Waals surface area contributed by atoms with Gasteiger partial charge < -0.3 is 10.1 Å². The van der Waals surface area contributed by atoms with Crippen LogP contribution in [0.2, 0.25) is 0 Å². The molecule has 2 aromatic heterocycles. The van der Waals surface area contributed by atoms with Crippen LogP contribution in [0.25, 0.3) is 11.0 Å². The number of hydrogen-bond donors (Lipinski definition) is 1. The van der Waals surface area contributed by atoms with Crippen molar-refractivity contribution in [1.29, 1.82) is 0 Å². The van der Waals surface area contributed by atoms with Crippen LogP contribution in [0, 0.1) is 6.92 Å². The van der Waals surface area contributed by atoms with E-state index < -0.39 is 0 Å². The van der Waals surface area contributed by atoms with Gasteiger partial charge in [-0.3, -0.25) is 9.48 Å². The maximum Gasteiger partial charge on any atom is 0.224 e. The first-order valence-corrected chi connectivity index (χ1v) is 7.90. The van der Waals surface area contributed by atoms with E-state index in [0.717, 1.165) is 22.5 Å². The predicted octanol–water partition coefficient (Wildman–Crippen LogP) is 3.07. The van der Waals surface area contributed by atoms with Crippen molar-refractivity contribution >= 4 is 22.6 Å². The van der Waals surface area contributed by atoms with Gasteiger partial charge in [-0.25, -0.2) is 4.98 Å². The molecule has 0 fully saturated rings. The molecule has 1 aromatic carbocycles. The Hall–Kier alpha value is -2.89. The van der Waals surface area contributed by atoms with Gasteiger partial charge in [0.1, 0.15) is 5.75 Å². The maximum absolute atomic E-state index is 12.0. The summed E-state index contributed by atoms with van der Waals surface area (Å²) in [5, 5.41) is 8.15. The second-order valence-corrected chi connectivity index (χ2v) is 5.62. The number of fused-ring (bicyclic) bond motifs is 1. The topological polar surface area (TPSA) is 69.0 Å². The third-order valence-electron chi connectivity index (χ3n) is 3.71. The van der Waals surface area contributed by atoms with Crippen LogP contribution >= 0.6 is 0 Å². The van der Waals surface area contributed by atoms with Gasteiger partial charge in [-0.05, 0) is 31.5 Å². The van der Waals surface area contributed by atoms with Crippen LogP contribution in [0.1, 0.15) is 18.5 Å². The molecule has 0 aliphatic carbocycles. The molecule has 3 aromatic rings. The number of ether oxygens (including phenoxy) is 1. The number of aryl methyl sites for hydroxylation is 2. The Morgan fingerprint density at radius 3 is 2.88 bits per heavy atom. The van der Waals surface area contributed by atoms with E-state index in [-0.39, 0.29) is 5.91 Å². The fraction of sp³-hybridized carbons (Fsp3) is 0.278. The average Bonchev–Trinajstić information content (AvgIpc) is 2.87. The monoisotopic (exact) mass is 324 g/mol. The third kappa shape index (κ3) is 3.71. The number of rotatable bonds is 6. The van der Waals surface area contributed by atoms with Gasteiger partial charge in [-0.15, -0.1) is 0 Å². The number of carbonyl (C=O) groups excluding carboxylic acids is 1. The van der Waals surface area contributed by atoms with Crippen LogP contribution in [-0.4, -0.2) is 27.3 Å². The molecule has 6 heteroatoms. The zero-order valence-electron chi connectivity index (χ0n) is 13.8. The Kier molecular flexibility index (Phi) is 4.74. The van der Waals surface area contributed by atoms with Crippen molar-refractivity contribution in [2.45, 2.75) is 19.8 Å². The largest absolute Gasteiger partial charge is 0.494 e. The van der Waals surface area contributed by atoms with Crippen molar-refractivity contribution in [2.24, 2.45) is 7.05 Å². The fourth-order valence-electron chi connectivity index (χ4n) is 2.54. The Morgan fingerprint density at radius 1 is 1.29 bits per heavy atom. The van der Waals surface area contributed by atoms with E-state index in [9.17, 15) is 4.79 Å². The lowest BCUT2D eigenvalue weighted by Crippen LogP contribution is -2.13. The normalized spacial score (nSPS) is 10.8. The zero-order chi connectivity index (χ0) is 16.9. The van der Waals surface area contributed by atoms with Gasteiger partial charge in [-0.2, -0.15) is 5.10 Å². The number of hydrogen-bond acceptors (Lipinski definition) is 4. The molecule has 0 saturated carbocycles. The van der Waals surface area contributed by atoms with Gasteiger partial charge in [0.15, 0.2) is 5.65 Å². The molecule has 0 atom stereocenters. The highest BCUT2D eigenvalue weighted by Crippen LogP contribution is 2.19. The average molecular weight is 324 g/mol. The van der Waals surface area contributed by atoms with Crippen LogP contribution in [0.4, 0.5) is 5.69 Å². The van der Waals surface area contributed by atoms with E-state index in [1.807, 2.05) is 50.4 Å². The molecule has 0 bridgehead atoms. The number of amides is 1. The SMILES string of the molecule is Cc1nn(C)c2ncc(NC(=O)CCCOc3ccccc3)cc12. The standard InChI is InChI=1S/C18H20N4O2/c1-13-16-11-14(12-19-18(16)22(2)21-13)20-17(23)9-6-10-24-15-7-4-3-5-8-15/h3-5,7-8,11-12H,6,9-10H2,1-2H3,(H,20,23). The minimum absolute atomic E-state index is 0.0469. The van der Waals surface area contributed by atoms with Gasteiger partial charge in [0.2, 0.25) is 5.91 Å². The highest BCUT2D eigenvalue weighted by molar-refractivity contribution is 5.93. The van der Waals surface area contributed by atoms with Crippen molar-refractivity contribution in [1.82, 2.24) is 14.8 Å². The van der Waals surface area contributed by atoms with Crippen LogP contribution in [0.3, 0.4) is 0 Å². The molecule has 24 heavy (non-hydrogen) atoms. The Labute approximate surface area is 140 Å². The summed E-state index contributed by atoms with van der Waals surface area (Å²) >= 11 is 0. The van der Waals surface area contributed by atoms with E-state index in [1.54, 1.807) is 10.9 Å². The molecule has 0 spiro atoms. The Bertz CT molecular complexity index is 843. The van der Waals surface area contributed by atoms with E-state index in [2.05, 4.69) is 15.4 Å². The number of nitrogens with one attached hydrogen (secondary N) is 1. The lowest BCUT2D eigenvalue weighted by Gasteiger charge is -2.07. The third-order valence-corrected chi connectivity index (χ3v) is 3.71. The van der Waals surface area contributed by atoms with Crippen molar-refractivity contribution in [3.05, 3.63) is 48.3 Å². The summed E-state index contributed by atoms with van der Waals surface area (Å²) < 4.78 is 7.31. The van der Waals surface area contributed by atoms with Gasteiger partial charge in [0.25, 0.3) is 0 Å². The minimum atomic E-state index is -0.0469. The first kappa shape index (κ1) is 16.0. The second-order valence-electron chi connectivity index (χ2n) is 5.62. The molecule has 1 amide bonds. The quantitative estimate of drug-likeness (QED) is 0.708. The molecule has 6 nitrogen and oxygen atoms in total. The molecule has 0 saturated heterocycles. The lowest BCUT2D eigenvalue weighted by molar-refractivity contribution is -0.116. The van der Waals surface area contributed by atoms with Gasteiger partial charge in [0.05, 0.1) is 24.2 Å². The van der Waals surface area contributed by atoms with Crippen molar-refractivity contribution in [3.63, 3.8) is 0 Å². The number of pyridine rings is 1. The predicted molar refractivity (Wildman–Crippen MR) is 93.0 cm³/mol. The van der Waals surface area contributed by atoms with E-state index in [4.69, 9.17) is 4.74 Å². The maximum atomic E-state index is 12.0. The van der Waals surface area contributed by atoms with Gasteiger partial charge in [0, 0.05) is 18.9 Å². The fourth-order valence-corrected chi connectivity index (χ4v) is 2.54. The van der Waals surface area contributed by atoms with Crippen LogP contribution in [-0.2, 0) is 11.8 Å². The molecule has 0 radical (unpaired) electrons. The lowest BCUT2D eigenvalue weighted by atomic mass is 10.2. The van der Waals surface area contributed by atoms with Gasteiger partial charge >= 0.3 is 0 Å². The van der Waals surface area contributed by atoms with E-state index in [0.29, 0.717) is 25.1 Å². The number of aromatic nitrogens is 3. The number of anilines is 1. The number of carbonyl (C=O) groups is 1. The first-order valence-electron chi connectivity index (χ1n) is 7.90. The van der Waals surface area contributed by atoms with Crippen molar-refractivity contribution in [3.8, 4) is 5.75 Å². The highest BCUT2D eigenvalue weighted by Gasteiger charge is 2.09. The summed E-state index contributed by atoms with van der Waals surface area (Å²) in [5.74, 6) is 0.772. The minimum Gasteiger partial charge on any atom is -0.494 e. The van der Waals surface area contributed by atoms with Crippen LogP contribution in [0.15, 0.2) is 42.6 Å². The summed E-state index contributed by atoms with van der Waals surface area (Å²) in [6, 6.07) is 11.5. The Morgan fingerprint density at radius 2 is 2.08 bits per heavy atom. The van der Waals surface area contributed by atoms with Crippen LogP contribution < -0.4 is 10.1 Å². The zero-order valence-corrected chi connectivity index (χ0v) is 13.8. The van der Waals surface area contributed by atoms with Crippen molar-refractivity contribution < 1.29 is 9.53 Å². The number of nitrogens with zero attached hydrogens (tertiary/aromatic N) is 3. The molecular formula is C18H20N4O2. The second kappa shape index (κ2) is 7.12. The molecule has 0 aliphatic heterocycles. The summed E-state index contributed by atoms with van der Waals surface area (Å²) in [4.78, 5) is 16.4. The molecule has 1 N–H and O–H groups in total. The highest BCUT2D eigenvalue weighted by atomic mass is 16.5. The number of benzene rings is 1. The summed E-state index contributed by atoms with van der Waals surface area (Å²) in [6.07, 6.45) is 2.71. The molecule has 0 aliphatic rings. The molecular weight excluding hydrogens is 304 g/mol. The van der Waals surface area contributed by atoms with E-state index in [1.165, 1.54) is 0 Å². The van der Waals surface area contributed by atoms with Crippen LogP contribution in [0.5, 0.6) is 5.75 Å².